The zero-order valence-corrected chi connectivity index (χ0v) is 11.8. The Morgan fingerprint density at radius 3 is 2.25 bits per heavy atom. The van der Waals surface area contributed by atoms with E-state index >= 15 is 0 Å². The van der Waals surface area contributed by atoms with Crippen LogP contribution < -0.4 is 10.5 Å². The SMILES string of the molecule is NCc1cc(Br)ccc1Oc1ccc(C(F)(F)F)cc1. The highest BCUT2D eigenvalue weighted by atomic mass is 79.9. The number of hydrogen-bond donors (Lipinski definition) is 1. The zero-order chi connectivity index (χ0) is 14.8. The molecule has 0 spiro atoms. The molecular weight excluding hydrogens is 335 g/mol. The van der Waals surface area contributed by atoms with Crippen LogP contribution in [0.2, 0.25) is 0 Å². The molecule has 0 aliphatic heterocycles. The highest BCUT2D eigenvalue weighted by molar-refractivity contribution is 9.10. The molecule has 0 aliphatic rings. The van der Waals surface area contributed by atoms with Crippen LogP contribution in [0.1, 0.15) is 11.1 Å². The minimum atomic E-state index is -4.35. The maximum Gasteiger partial charge on any atom is 0.416 e. The summed E-state index contributed by atoms with van der Waals surface area (Å²) in [5.74, 6) is 0.852. The van der Waals surface area contributed by atoms with Crippen LogP contribution >= 0.6 is 15.9 Å². The van der Waals surface area contributed by atoms with E-state index in [9.17, 15) is 13.2 Å². The molecule has 0 aliphatic carbocycles. The Hall–Kier alpha value is -1.53. The average Bonchev–Trinajstić information content (AvgIpc) is 2.40. The normalized spacial score (nSPS) is 11.4. The lowest BCUT2D eigenvalue weighted by Crippen LogP contribution is -2.04. The minimum absolute atomic E-state index is 0.273. The lowest BCUT2D eigenvalue weighted by Gasteiger charge is -2.11. The highest BCUT2D eigenvalue weighted by Gasteiger charge is 2.30. The van der Waals surface area contributed by atoms with Gasteiger partial charge in [-0.3, -0.25) is 0 Å². The Balaban J connectivity index is 2.22. The maximum absolute atomic E-state index is 12.4. The van der Waals surface area contributed by atoms with Crippen LogP contribution in [0.5, 0.6) is 11.5 Å². The molecule has 0 amide bonds. The van der Waals surface area contributed by atoms with Crippen LogP contribution in [0, 0.1) is 0 Å². The number of rotatable bonds is 3. The number of ether oxygens (including phenoxy) is 1. The first-order chi connectivity index (χ1) is 9.40. The van der Waals surface area contributed by atoms with Crippen LogP contribution in [-0.2, 0) is 12.7 Å². The van der Waals surface area contributed by atoms with Gasteiger partial charge in [-0.1, -0.05) is 15.9 Å². The smallest absolute Gasteiger partial charge is 0.416 e. The van der Waals surface area contributed by atoms with Gasteiger partial charge in [0.25, 0.3) is 0 Å². The molecule has 0 fully saturated rings. The quantitative estimate of drug-likeness (QED) is 0.873. The molecule has 0 bridgehead atoms. The van der Waals surface area contributed by atoms with Crippen molar-refractivity contribution < 1.29 is 17.9 Å². The van der Waals surface area contributed by atoms with Crippen molar-refractivity contribution >= 4 is 15.9 Å². The van der Waals surface area contributed by atoms with Crippen molar-refractivity contribution in [1.29, 1.82) is 0 Å². The summed E-state index contributed by atoms with van der Waals surface area (Å²) in [6.07, 6.45) is -4.35. The number of halogens is 4. The summed E-state index contributed by atoms with van der Waals surface area (Å²) in [5, 5.41) is 0. The number of benzene rings is 2. The van der Waals surface area contributed by atoms with E-state index in [1.54, 1.807) is 18.2 Å². The van der Waals surface area contributed by atoms with Crippen molar-refractivity contribution in [3.8, 4) is 11.5 Å². The van der Waals surface area contributed by atoms with Gasteiger partial charge in [0, 0.05) is 16.6 Å². The Morgan fingerprint density at radius 2 is 1.70 bits per heavy atom. The van der Waals surface area contributed by atoms with Gasteiger partial charge in [0.15, 0.2) is 0 Å². The van der Waals surface area contributed by atoms with Gasteiger partial charge in [0.1, 0.15) is 11.5 Å². The van der Waals surface area contributed by atoms with Crippen molar-refractivity contribution in [3.05, 3.63) is 58.1 Å². The molecule has 0 aromatic heterocycles. The molecule has 2 aromatic rings. The molecule has 2 rings (SSSR count). The summed E-state index contributed by atoms with van der Waals surface area (Å²) >= 11 is 3.32. The van der Waals surface area contributed by atoms with Gasteiger partial charge in [-0.05, 0) is 42.5 Å². The Morgan fingerprint density at radius 1 is 1.05 bits per heavy atom. The second-order valence-corrected chi connectivity index (χ2v) is 5.00. The van der Waals surface area contributed by atoms with Crippen LogP contribution in [0.4, 0.5) is 13.2 Å². The first-order valence-electron chi connectivity index (χ1n) is 5.74. The average molecular weight is 346 g/mol. The number of alkyl halides is 3. The molecule has 0 radical (unpaired) electrons. The third kappa shape index (κ3) is 3.52. The van der Waals surface area contributed by atoms with E-state index in [0.29, 0.717) is 11.5 Å². The first-order valence-corrected chi connectivity index (χ1v) is 6.53. The van der Waals surface area contributed by atoms with E-state index in [1.165, 1.54) is 12.1 Å². The van der Waals surface area contributed by atoms with Gasteiger partial charge in [-0.15, -0.1) is 0 Å². The van der Waals surface area contributed by atoms with Gasteiger partial charge in [0.05, 0.1) is 5.56 Å². The fourth-order valence-corrected chi connectivity index (χ4v) is 2.05. The topological polar surface area (TPSA) is 35.2 Å². The van der Waals surface area contributed by atoms with Crippen LogP contribution in [0.15, 0.2) is 46.9 Å². The largest absolute Gasteiger partial charge is 0.457 e. The summed E-state index contributed by atoms with van der Waals surface area (Å²) in [6, 6.07) is 9.82. The van der Waals surface area contributed by atoms with Crippen molar-refractivity contribution in [2.45, 2.75) is 12.7 Å². The molecule has 0 unspecified atom stereocenters. The number of hydrogen-bond acceptors (Lipinski definition) is 2. The Labute approximate surface area is 122 Å². The molecule has 2 N–H and O–H groups in total. The zero-order valence-electron chi connectivity index (χ0n) is 10.2. The summed E-state index contributed by atoms with van der Waals surface area (Å²) in [6.45, 7) is 0.273. The Bertz CT molecular complexity index is 596. The molecule has 2 nitrogen and oxygen atoms in total. The van der Waals surface area contributed by atoms with Crippen LogP contribution in [0.25, 0.3) is 0 Å². The fourth-order valence-electron chi connectivity index (χ4n) is 1.65. The molecule has 2 aromatic carbocycles. The first kappa shape index (κ1) is 14.9. The summed E-state index contributed by atoms with van der Waals surface area (Å²) in [5.41, 5.74) is 5.66. The molecule has 0 saturated carbocycles. The highest BCUT2D eigenvalue weighted by Crippen LogP contribution is 2.32. The Kier molecular flexibility index (Phi) is 4.35. The summed E-state index contributed by atoms with van der Waals surface area (Å²) < 4.78 is 43.8. The second kappa shape index (κ2) is 5.85. The van der Waals surface area contributed by atoms with Gasteiger partial charge in [-0.25, -0.2) is 0 Å². The van der Waals surface area contributed by atoms with E-state index in [1.807, 2.05) is 0 Å². The monoisotopic (exact) mass is 345 g/mol. The van der Waals surface area contributed by atoms with Crippen LogP contribution in [0.3, 0.4) is 0 Å². The summed E-state index contributed by atoms with van der Waals surface area (Å²) in [7, 11) is 0. The van der Waals surface area contributed by atoms with Crippen molar-refractivity contribution in [2.75, 3.05) is 0 Å². The third-order valence-corrected chi connectivity index (χ3v) is 3.15. The predicted molar refractivity (Wildman–Crippen MR) is 73.6 cm³/mol. The van der Waals surface area contributed by atoms with E-state index in [-0.39, 0.29) is 6.54 Å². The van der Waals surface area contributed by atoms with Crippen LogP contribution in [-0.4, -0.2) is 0 Å². The second-order valence-electron chi connectivity index (χ2n) is 4.08. The molecule has 6 heteroatoms. The molecule has 106 valence electrons. The number of nitrogens with two attached hydrogens (primary N) is 1. The van der Waals surface area contributed by atoms with E-state index in [4.69, 9.17) is 10.5 Å². The van der Waals surface area contributed by atoms with Gasteiger partial charge >= 0.3 is 6.18 Å². The maximum atomic E-state index is 12.4. The van der Waals surface area contributed by atoms with Gasteiger partial charge in [-0.2, -0.15) is 13.2 Å². The van der Waals surface area contributed by atoms with Gasteiger partial charge in [0.2, 0.25) is 0 Å². The van der Waals surface area contributed by atoms with Crippen molar-refractivity contribution in [1.82, 2.24) is 0 Å². The van der Waals surface area contributed by atoms with Crippen molar-refractivity contribution in [2.24, 2.45) is 5.73 Å². The lowest BCUT2D eigenvalue weighted by molar-refractivity contribution is -0.137. The third-order valence-electron chi connectivity index (χ3n) is 2.65. The molecule has 0 atom stereocenters. The lowest BCUT2D eigenvalue weighted by atomic mass is 10.2. The molecular formula is C14H11BrF3NO. The molecule has 20 heavy (non-hydrogen) atoms. The van der Waals surface area contributed by atoms with E-state index < -0.39 is 11.7 Å². The van der Waals surface area contributed by atoms with Gasteiger partial charge < -0.3 is 10.5 Å². The van der Waals surface area contributed by atoms with Crippen molar-refractivity contribution in [3.63, 3.8) is 0 Å². The molecule has 0 heterocycles. The fraction of sp³-hybridized carbons (Fsp3) is 0.143. The standard InChI is InChI=1S/C14H11BrF3NO/c15-11-3-6-13(9(7-11)8-19)20-12-4-1-10(2-5-12)14(16,17)18/h1-7H,8,19H2. The molecule has 0 saturated heterocycles. The summed E-state index contributed by atoms with van der Waals surface area (Å²) in [4.78, 5) is 0. The predicted octanol–water partition coefficient (Wildman–Crippen LogP) is 4.72. The van der Waals surface area contributed by atoms with E-state index in [0.717, 1.165) is 22.2 Å². The minimum Gasteiger partial charge on any atom is -0.457 e. The van der Waals surface area contributed by atoms with E-state index in [2.05, 4.69) is 15.9 Å².